The molecular weight excluding hydrogens is 226 g/mol. The van der Waals surface area contributed by atoms with E-state index in [9.17, 15) is 13.5 Å². The van der Waals surface area contributed by atoms with Crippen LogP contribution in [0.25, 0.3) is 0 Å². The number of nitrogens with one attached hydrogen (secondary N) is 1. The molecule has 0 atom stereocenters. The molecule has 16 heavy (non-hydrogen) atoms. The van der Waals surface area contributed by atoms with Crippen molar-refractivity contribution in [2.75, 3.05) is 4.72 Å². The highest BCUT2D eigenvalue weighted by atomic mass is 32.2. The van der Waals surface area contributed by atoms with Gasteiger partial charge in [-0.05, 0) is 25.0 Å². The highest BCUT2D eigenvalue weighted by Crippen LogP contribution is 2.26. The van der Waals surface area contributed by atoms with Crippen LogP contribution in [0.15, 0.2) is 24.3 Å². The minimum absolute atomic E-state index is 0.0617. The standard InChI is InChI=1S/C11H15NO3S/c13-10-5-3-4-9(8-10)12-16(14,15)11-6-1-2-7-11/h3-5,8,11-13H,1-2,6-7H2. The summed E-state index contributed by atoms with van der Waals surface area (Å²) in [6.45, 7) is 0. The number of sulfonamides is 1. The topological polar surface area (TPSA) is 66.4 Å². The number of hydrogen-bond acceptors (Lipinski definition) is 3. The van der Waals surface area contributed by atoms with Crippen molar-refractivity contribution in [3.63, 3.8) is 0 Å². The highest BCUT2D eigenvalue weighted by Gasteiger charge is 2.28. The van der Waals surface area contributed by atoms with E-state index >= 15 is 0 Å². The van der Waals surface area contributed by atoms with Gasteiger partial charge in [-0.15, -0.1) is 0 Å². The largest absolute Gasteiger partial charge is 0.508 e. The van der Waals surface area contributed by atoms with Crippen molar-refractivity contribution in [2.24, 2.45) is 0 Å². The highest BCUT2D eigenvalue weighted by molar-refractivity contribution is 7.93. The molecule has 4 nitrogen and oxygen atoms in total. The summed E-state index contributed by atoms with van der Waals surface area (Å²) in [5.74, 6) is 0.0617. The number of phenolic OH excluding ortho intramolecular Hbond substituents is 1. The van der Waals surface area contributed by atoms with Crippen molar-refractivity contribution in [1.29, 1.82) is 0 Å². The second-order valence-electron chi connectivity index (χ2n) is 4.10. The quantitative estimate of drug-likeness (QED) is 0.851. The van der Waals surface area contributed by atoms with Gasteiger partial charge in [0.2, 0.25) is 10.0 Å². The summed E-state index contributed by atoms with van der Waals surface area (Å²) in [5, 5.41) is 8.96. The summed E-state index contributed by atoms with van der Waals surface area (Å²) < 4.78 is 26.4. The lowest BCUT2D eigenvalue weighted by atomic mass is 10.3. The minimum Gasteiger partial charge on any atom is -0.508 e. The van der Waals surface area contributed by atoms with E-state index in [2.05, 4.69) is 4.72 Å². The van der Waals surface area contributed by atoms with Crippen LogP contribution >= 0.6 is 0 Å². The van der Waals surface area contributed by atoms with Crippen molar-refractivity contribution in [3.8, 4) is 5.75 Å². The molecule has 0 spiro atoms. The van der Waals surface area contributed by atoms with Crippen LogP contribution in [0.4, 0.5) is 5.69 Å². The van der Waals surface area contributed by atoms with Crippen molar-refractivity contribution in [1.82, 2.24) is 0 Å². The molecule has 0 saturated heterocycles. The molecule has 0 unspecified atom stereocenters. The van der Waals surface area contributed by atoms with E-state index < -0.39 is 10.0 Å². The molecule has 0 aliphatic heterocycles. The number of hydrogen-bond donors (Lipinski definition) is 2. The molecule has 1 aromatic carbocycles. The SMILES string of the molecule is O=S(=O)(Nc1cccc(O)c1)C1CCCC1. The molecule has 1 saturated carbocycles. The fraction of sp³-hybridized carbons (Fsp3) is 0.455. The maximum atomic E-state index is 11.9. The molecule has 5 heteroatoms. The molecule has 2 N–H and O–H groups in total. The Morgan fingerprint density at radius 2 is 1.94 bits per heavy atom. The van der Waals surface area contributed by atoms with Crippen LogP contribution in [0, 0.1) is 0 Å². The fourth-order valence-corrected chi connectivity index (χ4v) is 3.59. The molecule has 88 valence electrons. The molecule has 0 radical (unpaired) electrons. The van der Waals surface area contributed by atoms with Gasteiger partial charge in [-0.25, -0.2) is 8.42 Å². The first kappa shape index (κ1) is 11.3. The minimum atomic E-state index is -3.29. The first-order chi connectivity index (χ1) is 7.58. The van der Waals surface area contributed by atoms with Gasteiger partial charge >= 0.3 is 0 Å². The summed E-state index contributed by atoms with van der Waals surface area (Å²) in [7, 11) is -3.29. The molecule has 0 amide bonds. The van der Waals surface area contributed by atoms with Crippen LogP contribution < -0.4 is 4.72 Å². The Bertz CT molecular complexity index is 464. The summed E-state index contributed by atoms with van der Waals surface area (Å²) in [4.78, 5) is 0. The summed E-state index contributed by atoms with van der Waals surface area (Å²) >= 11 is 0. The van der Waals surface area contributed by atoms with Gasteiger partial charge < -0.3 is 5.11 Å². The van der Waals surface area contributed by atoms with E-state index in [0.29, 0.717) is 5.69 Å². The molecule has 2 rings (SSSR count). The van der Waals surface area contributed by atoms with Gasteiger partial charge in [-0.1, -0.05) is 18.9 Å². The Balaban J connectivity index is 2.14. The predicted octanol–water partition coefficient (Wildman–Crippen LogP) is 2.08. The zero-order chi connectivity index (χ0) is 11.6. The maximum Gasteiger partial charge on any atom is 0.235 e. The average Bonchev–Trinajstić information content (AvgIpc) is 2.69. The normalized spacial score (nSPS) is 17.5. The molecular formula is C11H15NO3S. The average molecular weight is 241 g/mol. The zero-order valence-electron chi connectivity index (χ0n) is 8.89. The predicted molar refractivity (Wildman–Crippen MR) is 62.9 cm³/mol. The lowest BCUT2D eigenvalue weighted by Crippen LogP contribution is -2.25. The van der Waals surface area contributed by atoms with E-state index in [4.69, 9.17) is 0 Å². The first-order valence-electron chi connectivity index (χ1n) is 5.38. The van der Waals surface area contributed by atoms with Crippen LogP contribution in [0.5, 0.6) is 5.75 Å². The number of phenols is 1. The lowest BCUT2D eigenvalue weighted by Gasteiger charge is -2.13. The Hall–Kier alpha value is -1.23. The Labute approximate surface area is 95.4 Å². The molecule has 1 aliphatic rings. The van der Waals surface area contributed by atoms with Crippen LogP contribution in [-0.4, -0.2) is 18.8 Å². The Kier molecular flexibility index (Phi) is 3.05. The van der Waals surface area contributed by atoms with E-state index in [1.807, 2.05) is 0 Å². The number of anilines is 1. The second-order valence-corrected chi connectivity index (χ2v) is 6.06. The smallest absolute Gasteiger partial charge is 0.235 e. The van der Waals surface area contributed by atoms with Crippen LogP contribution in [0.1, 0.15) is 25.7 Å². The van der Waals surface area contributed by atoms with Gasteiger partial charge in [0.15, 0.2) is 0 Å². The molecule has 0 aromatic heterocycles. The third-order valence-corrected chi connectivity index (χ3v) is 4.72. The number of aromatic hydroxyl groups is 1. The van der Waals surface area contributed by atoms with Crippen molar-refractivity contribution >= 4 is 15.7 Å². The molecule has 1 aliphatic carbocycles. The molecule has 1 aromatic rings. The van der Waals surface area contributed by atoms with Gasteiger partial charge in [0.25, 0.3) is 0 Å². The van der Waals surface area contributed by atoms with Gasteiger partial charge in [-0.3, -0.25) is 4.72 Å². The van der Waals surface area contributed by atoms with E-state index in [-0.39, 0.29) is 11.0 Å². The summed E-state index contributed by atoms with van der Waals surface area (Å²) in [6, 6.07) is 6.16. The monoisotopic (exact) mass is 241 g/mol. The van der Waals surface area contributed by atoms with E-state index in [1.54, 1.807) is 12.1 Å². The van der Waals surface area contributed by atoms with Crippen molar-refractivity contribution in [2.45, 2.75) is 30.9 Å². The molecule has 0 heterocycles. The summed E-state index contributed by atoms with van der Waals surface area (Å²) in [6.07, 6.45) is 3.42. The second kappa shape index (κ2) is 4.33. The number of benzene rings is 1. The van der Waals surface area contributed by atoms with Crippen molar-refractivity contribution in [3.05, 3.63) is 24.3 Å². The van der Waals surface area contributed by atoms with Gasteiger partial charge in [0.05, 0.1) is 10.9 Å². The molecule has 0 bridgehead atoms. The van der Waals surface area contributed by atoms with E-state index in [1.165, 1.54) is 12.1 Å². The zero-order valence-corrected chi connectivity index (χ0v) is 9.70. The first-order valence-corrected chi connectivity index (χ1v) is 6.93. The fourth-order valence-electron chi connectivity index (χ4n) is 2.02. The van der Waals surface area contributed by atoms with Crippen LogP contribution in [0.2, 0.25) is 0 Å². The third-order valence-electron chi connectivity index (χ3n) is 2.85. The van der Waals surface area contributed by atoms with Gasteiger partial charge in [-0.2, -0.15) is 0 Å². The van der Waals surface area contributed by atoms with Crippen LogP contribution in [0.3, 0.4) is 0 Å². The third kappa shape index (κ3) is 2.47. The van der Waals surface area contributed by atoms with E-state index in [0.717, 1.165) is 25.7 Å². The lowest BCUT2D eigenvalue weighted by molar-refractivity contribution is 0.475. The summed E-state index contributed by atoms with van der Waals surface area (Å²) in [5.41, 5.74) is 0.423. The Morgan fingerprint density at radius 3 is 2.56 bits per heavy atom. The number of rotatable bonds is 3. The van der Waals surface area contributed by atoms with Gasteiger partial charge in [0, 0.05) is 6.07 Å². The maximum absolute atomic E-state index is 11.9. The van der Waals surface area contributed by atoms with Gasteiger partial charge in [0.1, 0.15) is 5.75 Å². The van der Waals surface area contributed by atoms with Crippen LogP contribution in [-0.2, 0) is 10.0 Å². The Morgan fingerprint density at radius 1 is 1.25 bits per heavy atom. The molecule has 1 fully saturated rings. The van der Waals surface area contributed by atoms with Crippen molar-refractivity contribution < 1.29 is 13.5 Å².